The van der Waals surface area contributed by atoms with E-state index in [9.17, 15) is 31.2 Å². The number of hydrogen-bond donors (Lipinski definition) is 3. The van der Waals surface area contributed by atoms with E-state index in [0.717, 1.165) is 23.0 Å². The number of nitrogens with zero attached hydrogens (tertiary/aromatic N) is 3. The number of aliphatic imine (C=N–C) groups is 1. The topological polar surface area (TPSA) is 134 Å². The molecule has 0 radical (unpaired) electrons. The Morgan fingerprint density at radius 3 is 2.41 bits per heavy atom. The minimum Gasteiger partial charge on any atom is -0.437 e. The van der Waals surface area contributed by atoms with E-state index in [4.69, 9.17) is 4.74 Å². The van der Waals surface area contributed by atoms with Gasteiger partial charge in [0.25, 0.3) is 11.5 Å². The quantitative estimate of drug-likeness (QED) is 0.381. The number of pyridine rings is 1. The smallest absolute Gasteiger partial charge is 0.416 e. The van der Waals surface area contributed by atoms with Gasteiger partial charge in [-0.15, -0.1) is 5.12 Å². The maximum absolute atomic E-state index is 13.6. The molecule has 4 rings (SSSR count). The third-order valence-corrected chi connectivity index (χ3v) is 7.48. The van der Waals surface area contributed by atoms with Crippen LogP contribution < -0.4 is 21.7 Å². The zero-order valence-electron chi connectivity index (χ0n) is 22.4. The van der Waals surface area contributed by atoms with E-state index >= 15 is 0 Å². The molecule has 1 amide bonds. The average Bonchev–Trinajstić information content (AvgIpc) is 3.35. The van der Waals surface area contributed by atoms with Crippen molar-refractivity contribution in [2.24, 2.45) is 4.99 Å². The Labute approximate surface area is 233 Å². The fourth-order valence-corrected chi connectivity index (χ4v) is 4.86. The van der Waals surface area contributed by atoms with Crippen LogP contribution in [0.4, 0.5) is 13.2 Å². The van der Waals surface area contributed by atoms with Crippen LogP contribution in [0.5, 0.6) is 0 Å². The Kier molecular flexibility index (Phi) is 8.24. The number of nitrogens with one attached hydrogen (secondary N) is 3. The predicted molar refractivity (Wildman–Crippen MR) is 144 cm³/mol. The number of amidine groups is 1. The number of aromatic nitrogens is 1. The minimum absolute atomic E-state index is 0.0498. The van der Waals surface area contributed by atoms with Gasteiger partial charge in [-0.2, -0.15) is 13.2 Å². The van der Waals surface area contributed by atoms with Crippen LogP contribution >= 0.6 is 0 Å². The van der Waals surface area contributed by atoms with Crippen molar-refractivity contribution in [2.45, 2.75) is 30.8 Å². The van der Waals surface area contributed by atoms with Crippen LogP contribution in [0.1, 0.15) is 39.0 Å². The Hall–Kier alpha value is -4.21. The van der Waals surface area contributed by atoms with E-state index in [1.54, 1.807) is 7.05 Å². The Morgan fingerprint density at radius 1 is 1.15 bits per heavy atom. The lowest BCUT2D eigenvalue weighted by Crippen LogP contribution is -2.44. The molecular formula is C26H27F3N6O5S. The normalized spacial score (nSPS) is 16.9. The van der Waals surface area contributed by atoms with Gasteiger partial charge in [0, 0.05) is 43.8 Å². The molecule has 0 aliphatic carbocycles. The lowest BCUT2D eigenvalue weighted by Gasteiger charge is -2.24. The summed E-state index contributed by atoms with van der Waals surface area (Å²) in [4.78, 5) is 31.0. The van der Waals surface area contributed by atoms with Gasteiger partial charge >= 0.3 is 12.2 Å². The number of rotatable bonds is 7. The molecule has 1 fully saturated rings. The van der Waals surface area contributed by atoms with Gasteiger partial charge in [0.15, 0.2) is 9.84 Å². The molecule has 1 unspecified atom stereocenters. The summed E-state index contributed by atoms with van der Waals surface area (Å²) >= 11 is 0. The molecule has 1 atom stereocenters. The molecule has 41 heavy (non-hydrogen) atoms. The summed E-state index contributed by atoms with van der Waals surface area (Å²) in [5.74, 6) is -0.796. The van der Waals surface area contributed by atoms with E-state index in [0.29, 0.717) is 11.1 Å². The molecule has 1 aliphatic rings. The maximum Gasteiger partial charge on any atom is 0.416 e. The van der Waals surface area contributed by atoms with Crippen molar-refractivity contribution in [1.82, 2.24) is 25.9 Å². The molecule has 218 valence electrons. The van der Waals surface area contributed by atoms with Crippen molar-refractivity contribution in [3.63, 3.8) is 0 Å². The number of amides is 1. The van der Waals surface area contributed by atoms with E-state index < -0.39 is 39.3 Å². The zero-order chi connectivity index (χ0) is 30.1. The molecule has 11 nitrogen and oxygen atoms in total. The molecule has 3 aromatic rings. The molecular weight excluding hydrogens is 565 g/mol. The number of hydrogen-bond acceptors (Lipinski definition) is 8. The van der Waals surface area contributed by atoms with Crippen LogP contribution in [0, 0.1) is 6.92 Å². The van der Waals surface area contributed by atoms with Crippen LogP contribution in [-0.2, 0) is 27.3 Å². The van der Waals surface area contributed by atoms with Crippen LogP contribution in [0.15, 0.2) is 69.3 Å². The van der Waals surface area contributed by atoms with Gasteiger partial charge in [-0.3, -0.25) is 19.6 Å². The number of hydrazine groups is 2. The SMILES string of the molecule is CN=C1NN(NC)C(c2cc(C(=O)NCc3ccc(S(C)(=O)=O)cc3)c(=O)n(-c3cccc(C(F)(F)F)c3)c2C)O1. The molecule has 1 aromatic heterocycles. The molecule has 2 aromatic carbocycles. The van der Waals surface area contributed by atoms with Crippen molar-refractivity contribution >= 4 is 21.8 Å². The van der Waals surface area contributed by atoms with Crippen molar-refractivity contribution in [3.05, 3.63) is 92.9 Å². The molecule has 15 heteroatoms. The zero-order valence-corrected chi connectivity index (χ0v) is 23.2. The number of benzene rings is 2. The van der Waals surface area contributed by atoms with Crippen LogP contribution in [0.3, 0.4) is 0 Å². The lowest BCUT2D eigenvalue weighted by atomic mass is 10.1. The maximum atomic E-state index is 13.6. The summed E-state index contributed by atoms with van der Waals surface area (Å²) in [7, 11) is -0.340. The summed E-state index contributed by atoms with van der Waals surface area (Å²) in [6.07, 6.45) is -4.54. The molecule has 0 spiro atoms. The third-order valence-electron chi connectivity index (χ3n) is 6.35. The number of ether oxygens (including phenoxy) is 1. The molecule has 0 saturated carbocycles. The minimum atomic E-state index is -4.66. The number of halogens is 3. The van der Waals surface area contributed by atoms with Crippen molar-refractivity contribution in [3.8, 4) is 5.69 Å². The molecule has 1 aliphatic heterocycles. The highest BCUT2D eigenvalue weighted by Gasteiger charge is 2.35. The van der Waals surface area contributed by atoms with Crippen molar-refractivity contribution < 1.29 is 31.1 Å². The fraction of sp³-hybridized carbons (Fsp3) is 0.269. The van der Waals surface area contributed by atoms with E-state index in [1.165, 1.54) is 61.6 Å². The third kappa shape index (κ3) is 6.26. The standard InChI is InChI=1S/C26H27F3N6O5S/c1-15-20(24-35(31-3)33-25(30-2)40-24)13-21(22(36)32-14-16-8-10-19(11-9-16)41(4,38)39)23(37)34(15)18-7-5-6-17(12-18)26(27,28)29/h5-13,24,31H,14H2,1-4H3,(H,30,33)(H,32,36). The summed E-state index contributed by atoms with van der Waals surface area (Å²) in [5.41, 5.74) is 4.53. The van der Waals surface area contributed by atoms with Gasteiger partial charge in [0.05, 0.1) is 10.5 Å². The van der Waals surface area contributed by atoms with Crippen LogP contribution in [-0.4, -0.2) is 50.4 Å². The average molecular weight is 593 g/mol. The van der Waals surface area contributed by atoms with E-state index in [2.05, 4.69) is 21.2 Å². The van der Waals surface area contributed by atoms with Gasteiger partial charge in [0.1, 0.15) is 5.56 Å². The Morgan fingerprint density at radius 2 is 1.83 bits per heavy atom. The highest BCUT2D eigenvalue weighted by molar-refractivity contribution is 7.90. The Balaban J connectivity index is 1.79. The second kappa shape index (κ2) is 11.3. The van der Waals surface area contributed by atoms with Gasteiger partial charge in [-0.05, 0) is 48.9 Å². The summed E-state index contributed by atoms with van der Waals surface area (Å²) in [6.45, 7) is 1.48. The largest absolute Gasteiger partial charge is 0.437 e. The van der Waals surface area contributed by atoms with Gasteiger partial charge < -0.3 is 10.1 Å². The highest BCUT2D eigenvalue weighted by Crippen LogP contribution is 2.32. The highest BCUT2D eigenvalue weighted by atomic mass is 32.2. The molecule has 3 N–H and O–H groups in total. The van der Waals surface area contributed by atoms with E-state index in [-0.39, 0.29) is 34.4 Å². The summed E-state index contributed by atoms with van der Waals surface area (Å²) in [5, 5.41) is 4.03. The van der Waals surface area contributed by atoms with Crippen LogP contribution in [0.25, 0.3) is 5.69 Å². The fourth-order valence-electron chi connectivity index (χ4n) is 4.23. The predicted octanol–water partition coefficient (Wildman–Crippen LogP) is 2.45. The first-order chi connectivity index (χ1) is 19.2. The van der Waals surface area contributed by atoms with Gasteiger partial charge in [-0.25, -0.2) is 18.8 Å². The first-order valence-corrected chi connectivity index (χ1v) is 14.0. The number of alkyl halides is 3. The van der Waals surface area contributed by atoms with Crippen molar-refractivity contribution in [2.75, 3.05) is 20.4 Å². The van der Waals surface area contributed by atoms with Gasteiger partial charge in [0.2, 0.25) is 6.23 Å². The first-order valence-electron chi connectivity index (χ1n) is 12.1. The second-order valence-electron chi connectivity index (χ2n) is 9.09. The molecule has 0 bridgehead atoms. The number of carbonyl (C=O) groups is 1. The number of carbonyl (C=O) groups excluding carboxylic acids is 1. The Bertz CT molecular complexity index is 1670. The summed E-state index contributed by atoms with van der Waals surface area (Å²) in [6, 6.07) is 11.5. The monoisotopic (exact) mass is 592 g/mol. The van der Waals surface area contributed by atoms with Crippen molar-refractivity contribution in [1.29, 1.82) is 0 Å². The molecule has 2 heterocycles. The lowest BCUT2D eigenvalue weighted by molar-refractivity contribution is -0.137. The van der Waals surface area contributed by atoms with Crippen LogP contribution in [0.2, 0.25) is 0 Å². The second-order valence-corrected chi connectivity index (χ2v) is 11.1. The van der Waals surface area contributed by atoms with Gasteiger partial charge in [-0.1, -0.05) is 18.2 Å². The van der Waals surface area contributed by atoms with E-state index in [1.807, 2.05) is 0 Å². The first kappa shape index (κ1) is 29.8. The number of sulfone groups is 1. The summed E-state index contributed by atoms with van der Waals surface area (Å²) < 4.78 is 70.8. The molecule has 1 saturated heterocycles.